The average molecular weight is 242 g/mol. The molecule has 1 atom stereocenters. The van der Waals surface area contributed by atoms with Gasteiger partial charge in [0, 0.05) is 0 Å². The molecule has 2 aromatic rings. The number of ether oxygens (including phenoxy) is 1. The van der Waals surface area contributed by atoms with Crippen molar-refractivity contribution in [1.29, 1.82) is 0 Å². The Balaban J connectivity index is 2.08. The lowest BCUT2D eigenvalue weighted by atomic mass is 9.99. The van der Waals surface area contributed by atoms with Gasteiger partial charge < -0.3 is 9.84 Å². The molecule has 2 heteroatoms. The molecule has 0 radical (unpaired) electrons. The van der Waals surface area contributed by atoms with E-state index in [1.165, 1.54) is 5.56 Å². The normalized spacial score (nSPS) is 12.1. The Morgan fingerprint density at radius 2 is 1.44 bits per heavy atom. The van der Waals surface area contributed by atoms with Gasteiger partial charge in [0.15, 0.2) is 0 Å². The van der Waals surface area contributed by atoms with Gasteiger partial charge in [-0.25, -0.2) is 0 Å². The zero-order chi connectivity index (χ0) is 13.0. The molecule has 0 aliphatic carbocycles. The lowest BCUT2D eigenvalue weighted by molar-refractivity contribution is 0.464. The maximum absolute atomic E-state index is 9.19. The second-order valence-electron chi connectivity index (χ2n) is 4.47. The fourth-order valence-corrected chi connectivity index (χ4v) is 1.75. The highest BCUT2D eigenvalue weighted by Gasteiger charge is 2.03. The monoisotopic (exact) mass is 242 g/mol. The van der Waals surface area contributed by atoms with E-state index < -0.39 is 0 Å². The van der Waals surface area contributed by atoms with Crippen molar-refractivity contribution in [2.75, 3.05) is 0 Å². The van der Waals surface area contributed by atoms with Crippen LogP contribution in [0.2, 0.25) is 0 Å². The molecule has 0 saturated heterocycles. The minimum Gasteiger partial charge on any atom is -0.508 e. The Hall–Kier alpha value is -1.96. The minimum absolute atomic E-state index is 0.245. The molecule has 0 heterocycles. The predicted octanol–water partition coefficient (Wildman–Crippen LogP) is 4.70. The van der Waals surface area contributed by atoms with Crippen LogP contribution in [0.5, 0.6) is 17.2 Å². The van der Waals surface area contributed by atoms with Crippen molar-refractivity contribution >= 4 is 0 Å². The molecule has 18 heavy (non-hydrogen) atoms. The molecule has 0 amide bonds. The highest BCUT2D eigenvalue weighted by molar-refractivity contribution is 5.36. The van der Waals surface area contributed by atoms with Crippen LogP contribution in [-0.4, -0.2) is 5.11 Å². The van der Waals surface area contributed by atoms with Crippen LogP contribution in [-0.2, 0) is 0 Å². The number of benzene rings is 2. The van der Waals surface area contributed by atoms with Crippen LogP contribution >= 0.6 is 0 Å². The van der Waals surface area contributed by atoms with Crippen molar-refractivity contribution in [3.05, 3.63) is 54.1 Å². The number of phenolic OH excluding ortho intramolecular Hbond substituents is 1. The topological polar surface area (TPSA) is 29.5 Å². The van der Waals surface area contributed by atoms with Crippen molar-refractivity contribution in [1.82, 2.24) is 0 Å². The SMILES string of the molecule is CCC(C)c1ccc(Oc2ccc(O)cc2)cc1. The molecular weight excluding hydrogens is 224 g/mol. The van der Waals surface area contributed by atoms with E-state index in [9.17, 15) is 5.11 Å². The Morgan fingerprint density at radius 1 is 0.944 bits per heavy atom. The van der Waals surface area contributed by atoms with Crippen molar-refractivity contribution in [2.45, 2.75) is 26.2 Å². The van der Waals surface area contributed by atoms with E-state index >= 15 is 0 Å². The van der Waals surface area contributed by atoms with Gasteiger partial charge in [-0.05, 0) is 54.3 Å². The summed E-state index contributed by atoms with van der Waals surface area (Å²) in [4.78, 5) is 0. The van der Waals surface area contributed by atoms with Crippen LogP contribution in [0.1, 0.15) is 31.7 Å². The molecule has 0 spiro atoms. The number of phenols is 1. The number of hydrogen-bond acceptors (Lipinski definition) is 2. The second kappa shape index (κ2) is 5.58. The summed E-state index contributed by atoms with van der Waals surface area (Å²) >= 11 is 0. The standard InChI is InChI=1S/C16H18O2/c1-3-12(2)13-4-8-15(9-5-13)18-16-10-6-14(17)7-11-16/h4-12,17H,3H2,1-2H3. The first-order chi connectivity index (χ1) is 8.69. The lowest BCUT2D eigenvalue weighted by Gasteiger charge is -2.10. The third-order valence-corrected chi connectivity index (χ3v) is 3.13. The van der Waals surface area contributed by atoms with E-state index in [1.54, 1.807) is 24.3 Å². The molecule has 2 aromatic carbocycles. The van der Waals surface area contributed by atoms with Gasteiger partial charge in [0.2, 0.25) is 0 Å². The first-order valence-corrected chi connectivity index (χ1v) is 6.26. The number of rotatable bonds is 4. The van der Waals surface area contributed by atoms with Gasteiger partial charge in [0.25, 0.3) is 0 Å². The molecular formula is C16H18O2. The zero-order valence-corrected chi connectivity index (χ0v) is 10.8. The molecule has 0 bridgehead atoms. The van der Waals surface area contributed by atoms with Crippen LogP contribution in [0.3, 0.4) is 0 Å². The summed E-state index contributed by atoms with van der Waals surface area (Å²) in [7, 11) is 0. The highest BCUT2D eigenvalue weighted by atomic mass is 16.5. The van der Waals surface area contributed by atoms with E-state index in [-0.39, 0.29) is 5.75 Å². The van der Waals surface area contributed by atoms with Gasteiger partial charge in [-0.15, -0.1) is 0 Å². The Kier molecular flexibility index (Phi) is 3.88. The van der Waals surface area contributed by atoms with E-state index in [1.807, 2.05) is 12.1 Å². The Labute approximate surface area is 108 Å². The predicted molar refractivity (Wildman–Crippen MR) is 73.3 cm³/mol. The second-order valence-corrected chi connectivity index (χ2v) is 4.47. The molecule has 0 aromatic heterocycles. The molecule has 94 valence electrons. The van der Waals surface area contributed by atoms with Gasteiger partial charge in [-0.1, -0.05) is 26.0 Å². The zero-order valence-electron chi connectivity index (χ0n) is 10.8. The first-order valence-electron chi connectivity index (χ1n) is 6.26. The fourth-order valence-electron chi connectivity index (χ4n) is 1.75. The summed E-state index contributed by atoms with van der Waals surface area (Å²) in [6.07, 6.45) is 1.14. The summed E-state index contributed by atoms with van der Waals surface area (Å²) in [6.45, 7) is 4.40. The molecule has 1 N–H and O–H groups in total. The van der Waals surface area contributed by atoms with E-state index in [0.717, 1.165) is 17.9 Å². The van der Waals surface area contributed by atoms with Crippen LogP contribution in [0.4, 0.5) is 0 Å². The summed E-state index contributed by atoms with van der Waals surface area (Å²) < 4.78 is 5.69. The molecule has 0 aliphatic heterocycles. The minimum atomic E-state index is 0.245. The van der Waals surface area contributed by atoms with Crippen LogP contribution in [0.15, 0.2) is 48.5 Å². The van der Waals surface area contributed by atoms with Gasteiger partial charge in [0.05, 0.1) is 0 Å². The fraction of sp³-hybridized carbons (Fsp3) is 0.250. The highest BCUT2D eigenvalue weighted by Crippen LogP contribution is 2.26. The van der Waals surface area contributed by atoms with Gasteiger partial charge in [-0.3, -0.25) is 0 Å². The van der Waals surface area contributed by atoms with Crippen LogP contribution in [0.25, 0.3) is 0 Å². The molecule has 0 fully saturated rings. The molecule has 2 nitrogen and oxygen atoms in total. The summed E-state index contributed by atoms with van der Waals surface area (Å²) in [6, 6.07) is 14.9. The van der Waals surface area contributed by atoms with Crippen LogP contribution < -0.4 is 4.74 Å². The smallest absolute Gasteiger partial charge is 0.127 e. The third kappa shape index (κ3) is 3.04. The third-order valence-electron chi connectivity index (χ3n) is 3.13. The maximum Gasteiger partial charge on any atom is 0.127 e. The van der Waals surface area contributed by atoms with Gasteiger partial charge >= 0.3 is 0 Å². The van der Waals surface area contributed by atoms with Crippen molar-refractivity contribution < 1.29 is 9.84 Å². The van der Waals surface area contributed by atoms with E-state index in [2.05, 4.69) is 26.0 Å². The maximum atomic E-state index is 9.19. The molecule has 2 rings (SSSR count). The lowest BCUT2D eigenvalue weighted by Crippen LogP contribution is -1.91. The summed E-state index contributed by atoms with van der Waals surface area (Å²) in [5.74, 6) is 2.36. The Bertz CT molecular complexity index is 486. The van der Waals surface area contributed by atoms with Gasteiger partial charge in [0.1, 0.15) is 17.2 Å². The molecule has 1 unspecified atom stereocenters. The summed E-state index contributed by atoms with van der Waals surface area (Å²) in [5, 5.41) is 9.19. The van der Waals surface area contributed by atoms with Crippen LogP contribution in [0, 0.1) is 0 Å². The average Bonchev–Trinajstić information content (AvgIpc) is 2.41. The van der Waals surface area contributed by atoms with E-state index in [4.69, 9.17) is 4.74 Å². The van der Waals surface area contributed by atoms with Gasteiger partial charge in [-0.2, -0.15) is 0 Å². The number of aromatic hydroxyl groups is 1. The van der Waals surface area contributed by atoms with Crippen molar-refractivity contribution in [2.24, 2.45) is 0 Å². The molecule has 0 aliphatic rings. The largest absolute Gasteiger partial charge is 0.508 e. The van der Waals surface area contributed by atoms with Crippen molar-refractivity contribution in [3.8, 4) is 17.2 Å². The quantitative estimate of drug-likeness (QED) is 0.842. The Morgan fingerprint density at radius 3 is 1.94 bits per heavy atom. The first kappa shape index (κ1) is 12.5. The van der Waals surface area contributed by atoms with E-state index in [0.29, 0.717) is 5.92 Å². The van der Waals surface area contributed by atoms with Crippen molar-refractivity contribution in [3.63, 3.8) is 0 Å². The summed E-state index contributed by atoms with van der Waals surface area (Å²) in [5.41, 5.74) is 1.33. The molecule has 0 saturated carbocycles. The number of hydrogen-bond donors (Lipinski definition) is 1.